The molecule has 0 aromatic heterocycles. The molecule has 0 heterocycles. The number of carbonyl (C=O) groups is 1. The van der Waals surface area contributed by atoms with E-state index >= 15 is 0 Å². The summed E-state index contributed by atoms with van der Waals surface area (Å²) in [6.45, 7) is 0. The number of hydrogen-bond donors (Lipinski definition) is 2. The number of hydrogen-bond acceptors (Lipinski definition) is 1. The maximum Gasteiger partial charge on any atom is 0.314 e. The second-order valence-corrected chi connectivity index (χ2v) is 0.829. The predicted molar refractivity (Wildman–Crippen MR) is 33.8 cm³/mol. The molecule has 0 rings (SSSR count). The van der Waals surface area contributed by atoms with Gasteiger partial charge in [-0.2, -0.15) is 0 Å². The second-order valence-electron chi connectivity index (χ2n) is 0.829. The lowest BCUT2D eigenvalue weighted by atomic mass is 11.0. The Morgan fingerprint density at radius 3 is 1.57 bits per heavy atom. The first-order valence-corrected chi connectivity index (χ1v) is 1.70. The molecule has 0 saturated carbocycles. The van der Waals surface area contributed by atoms with Crippen LogP contribution in [0.1, 0.15) is 0 Å². The normalized spacial score (nSPS) is 6.00. The topological polar surface area (TPSA) is 41.1 Å². The van der Waals surface area contributed by atoms with Gasteiger partial charge in [-0.25, -0.2) is 4.79 Å². The van der Waals surface area contributed by atoms with Gasteiger partial charge >= 0.3 is 6.03 Å². The molecular formula is C3H9BrN2O. The van der Waals surface area contributed by atoms with Crippen molar-refractivity contribution in [2.75, 3.05) is 14.1 Å². The lowest BCUT2D eigenvalue weighted by molar-refractivity contribution is 0.245. The quantitative estimate of drug-likeness (QED) is 0.531. The highest BCUT2D eigenvalue weighted by Gasteiger charge is 1.81. The maximum absolute atomic E-state index is 9.96. The fourth-order valence-electron chi connectivity index (χ4n) is 0.125. The van der Waals surface area contributed by atoms with E-state index in [9.17, 15) is 4.79 Å². The van der Waals surface area contributed by atoms with E-state index in [2.05, 4.69) is 10.6 Å². The highest BCUT2D eigenvalue weighted by molar-refractivity contribution is 8.93. The van der Waals surface area contributed by atoms with E-state index in [1.807, 2.05) is 0 Å². The van der Waals surface area contributed by atoms with Gasteiger partial charge in [-0.1, -0.05) is 0 Å². The number of rotatable bonds is 0. The molecule has 0 atom stereocenters. The highest BCUT2D eigenvalue weighted by Crippen LogP contribution is 1.48. The molecule has 0 spiro atoms. The largest absolute Gasteiger partial charge is 0.341 e. The third-order valence-corrected chi connectivity index (χ3v) is 0.454. The number of nitrogens with one attached hydrogen (secondary N) is 2. The molecule has 0 fully saturated rings. The van der Waals surface area contributed by atoms with Gasteiger partial charge in [-0.15, -0.1) is 17.0 Å². The maximum atomic E-state index is 9.96. The third-order valence-electron chi connectivity index (χ3n) is 0.454. The summed E-state index contributed by atoms with van der Waals surface area (Å²) in [6, 6.07) is -0.157. The molecule has 0 unspecified atom stereocenters. The van der Waals surface area contributed by atoms with Gasteiger partial charge in [0.25, 0.3) is 0 Å². The average Bonchev–Trinajstić information content (AvgIpc) is 1.65. The highest BCUT2D eigenvalue weighted by atomic mass is 79.9. The van der Waals surface area contributed by atoms with E-state index < -0.39 is 0 Å². The van der Waals surface area contributed by atoms with Crippen LogP contribution in [-0.2, 0) is 0 Å². The molecule has 0 bridgehead atoms. The first kappa shape index (κ1) is 9.89. The molecule has 44 valence electrons. The molecular weight excluding hydrogens is 160 g/mol. The molecule has 0 aliphatic rings. The van der Waals surface area contributed by atoms with Crippen molar-refractivity contribution in [2.24, 2.45) is 0 Å². The summed E-state index contributed by atoms with van der Waals surface area (Å²) in [4.78, 5) is 9.96. The van der Waals surface area contributed by atoms with Crippen molar-refractivity contribution in [2.45, 2.75) is 0 Å². The molecule has 4 heteroatoms. The zero-order chi connectivity index (χ0) is 4.99. The Bertz CT molecular complexity index is 50.9. The Balaban J connectivity index is 0. The van der Waals surface area contributed by atoms with Gasteiger partial charge in [0.1, 0.15) is 0 Å². The summed E-state index contributed by atoms with van der Waals surface area (Å²) in [6.07, 6.45) is 0. The average molecular weight is 169 g/mol. The monoisotopic (exact) mass is 168 g/mol. The minimum Gasteiger partial charge on any atom is -0.341 e. The molecule has 0 aromatic carbocycles. The summed E-state index contributed by atoms with van der Waals surface area (Å²) in [5.41, 5.74) is 0. The lowest BCUT2D eigenvalue weighted by Crippen LogP contribution is -2.28. The first-order chi connectivity index (χ1) is 2.81. The van der Waals surface area contributed by atoms with Crippen molar-refractivity contribution in [3.05, 3.63) is 0 Å². The molecule has 7 heavy (non-hydrogen) atoms. The van der Waals surface area contributed by atoms with Gasteiger partial charge in [-0.05, 0) is 0 Å². The van der Waals surface area contributed by atoms with Crippen LogP contribution in [0.15, 0.2) is 0 Å². The van der Waals surface area contributed by atoms with Crippen LogP contribution in [-0.4, -0.2) is 20.1 Å². The minimum atomic E-state index is -0.157. The molecule has 2 N–H and O–H groups in total. The van der Waals surface area contributed by atoms with Crippen LogP contribution in [0.25, 0.3) is 0 Å². The van der Waals surface area contributed by atoms with Crippen LogP contribution < -0.4 is 10.6 Å². The summed E-state index contributed by atoms with van der Waals surface area (Å²) >= 11 is 0. The Morgan fingerprint density at radius 1 is 1.29 bits per heavy atom. The lowest BCUT2D eigenvalue weighted by Gasteiger charge is -1.91. The Morgan fingerprint density at radius 2 is 1.57 bits per heavy atom. The summed E-state index contributed by atoms with van der Waals surface area (Å²) in [5.74, 6) is 0. The van der Waals surface area contributed by atoms with E-state index in [0.717, 1.165) is 0 Å². The molecule has 0 radical (unpaired) electrons. The standard InChI is InChI=1S/C3H8N2O.BrH/c1-4-3(6)5-2;/h1-2H3,(H2,4,5,6);1H. The minimum absolute atomic E-state index is 0. The smallest absolute Gasteiger partial charge is 0.314 e. The van der Waals surface area contributed by atoms with Crippen LogP contribution in [0.2, 0.25) is 0 Å². The van der Waals surface area contributed by atoms with Gasteiger partial charge < -0.3 is 10.6 Å². The summed E-state index contributed by atoms with van der Waals surface area (Å²) < 4.78 is 0. The van der Waals surface area contributed by atoms with Crippen LogP contribution in [0, 0.1) is 0 Å². The number of amides is 2. The van der Waals surface area contributed by atoms with E-state index in [4.69, 9.17) is 0 Å². The molecule has 3 nitrogen and oxygen atoms in total. The van der Waals surface area contributed by atoms with Crippen molar-refractivity contribution in [3.8, 4) is 0 Å². The number of urea groups is 1. The zero-order valence-electron chi connectivity index (χ0n) is 4.32. The van der Waals surface area contributed by atoms with Crippen molar-refractivity contribution >= 4 is 23.0 Å². The number of halogens is 1. The van der Waals surface area contributed by atoms with E-state index in [1.165, 1.54) is 0 Å². The molecule has 2 amide bonds. The third kappa shape index (κ3) is 5.75. The van der Waals surface area contributed by atoms with Crippen LogP contribution >= 0.6 is 17.0 Å². The van der Waals surface area contributed by atoms with E-state index in [1.54, 1.807) is 14.1 Å². The Hall–Kier alpha value is -0.250. The van der Waals surface area contributed by atoms with Crippen molar-refractivity contribution in [1.82, 2.24) is 10.6 Å². The fraction of sp³-hybridized carbons (Fsp3) is 0.667. The van der Waals surface area contributed by atoms with Crippen LogP contribution in [0.3, 0.4) is 0 Å². The van der Waals surface area contributed by atoms with Crippen LogP contribution in [0.4, 0.5) is 4.79 Å². The first-order valence-electron chi connectivity index (χ1n) is 1.70. The second kappa shape index (κ2) is 5.75. The predicted octanol–water partition coefficient (Wildman–Crippen LogP) is 0.123. The SMILES string of the molecule is Br.CNC(=O)NC. The molecule has 0 aromatic rings. The van der Waals surface area contributed by atoms with E-state index in [-0.39, 0.29) is 23.0 Å². The molecule has 0 saturated heterocycles. The van der Waals surface area contributed by atoms with Gasteiger partial charge in [0, 0.05) is 14.1 Å². The van der Waals surface area contributed by atoms with E-state index in [0.29, 0.717) is 0 Å². The summed E-state index contributed by atoms with van der Waals surface area (Å²) in [7, 11) is 3.14. The van der Waals surface area contributed by atoms with Crippen LogP contribution in [0.5, 0.6) is 0 Å². The van der Waals surface area contributed by atoms with Crippen molar-refractivity contribution in [1.29, 1.82) is 0 Å². The zero-order valence-corrected chi connectivity index (χ0v) is 6.03. The van der Waals surface area contributed by atoms with Gasteiger partial charge in [0.15, 0.2) is 0 Å². The van der Waals surface area contributed by atoms with Gasteiger partial charge in [0.2, 0.25) is 0 Å². The van der Waals surface area contributed by atoms with Crippen molar-refractivity contribution in [3.63, 3.8) is 0 Å². The molecule has 0 aliphatic carbocycles. The Labute approximate surface area is 53.2 Å². The number of carbonyl (C=O) groups excluding carboxylic acids is 1. The van der Waals surface area contributed by atoms with Gasteiger partial charge in [-0.3, -0.25) is 0 Å². The van der Waals surface area contributed by atoms with Crippen molar-refractivity contribution < 1.29 is 4.79 Å². The Kier molecular flexibility index (Phi) is 8.12. The summed E-state index contributed by atoms with van der Waals surface area (Å²) in [5, 5.41) is 4.73. The molecule has 0 aliphatic heterocycles. The fourth-order valence-corrected chi connectivity index (χ4v) is 0.125. The van der Waals surface area contributed by atoms with Gasteiger partial charge in [0.05, 0.1) is 0 Å².